The molecule has 6 heteroatoms. The van der Waals surface area contributed by atoms with E-state index >= 15 is 0 Å². The van der Waals surface area contributed by atoms with E-state index in [1.54, 1.807) is 0 Å². The minimum Gasteiger partial charge on any atom is -0.465 e. The Kier molecular flexibility index (Phi) is 6.59. The number of aryl methyl sites for hydroxylation is 1. The summed E-state index contributed by atoms with van der Waals surface area (Å²) in [7, 11) is 1.88. The zero-order valence-electron chi connectivity index (χ0n) is 16.7. The van der Waals surface area contributed by atoms with Crippen LogP contribution in [0.3, 0.4) is 0 Å². The Morgan fingerprint density at radius 2 is 1.92 bits per heavy atom. The van der Waals surface area contributed by atoms with Crippen LogP contribution in [0.5, 0.6) is 0 Å². The molecule has 3 unspecified atom stereocenters. The number of furan rings is 1. The minimum atomic E-state index is 0.198. The fourth-order valence-corrected chi connectivity index (χ4v) is 4.29. The number of nitrogens with one attached hydrogen (secondary N) is 1. The number of hydrogen-bond donors (Lipinski definition) is 1. The summed E-state index contributed by atoms with van der Waals surface area (Å²) in [4.78, 5) is 9.41. The topological polar surface area (TPSA) is 53.2 Å². The monoisotopic (exact) mass is 362 g/mol. The van der Waals surface area contributed by atoms with E-state index in [0.29, 0.717) is 11.8 Å². The van der Waals surface area contributed by atoms with Crippen molar-refractivity contribution in [1.29, 1.82) is 0 Å². The lowest BCUT2D eigenvalue weighted by atomic mass is 9.92. The van der Waals surface area contributed by atoms with Gasteiger partial charge in [-0.3, -0.25) is 9.89 Å². The summed E-state index contributed by atoms with van der Waals surface area (Å²) in [6, 6.07) is 4.35. The van der Waals surface area contributed by atoms with Crippen molar-refractivity contribution in [2.24, 2.45) is 16.8 Å². The SMILES string of the molecule is CN=C(NCC(c1ccc(C)o1)N1CCOCC1)N1CC(C)CC(C)C1. The molecule has 26 heavy (non-hydrogen) atoms. The van der Waals surface area contributed by atoms with Gasteiger partial charge in [0.15, 0.2) is 5.96 Å². The van der Waals surface area contributed by atoms with Gasteiger partial charge >= 0.3 is 0 Å². The molecule has 1 aromatic heterocycles. The second-order valence-electron chi connectivity index (χ2n) is 7.89. The molecule has 0 radical (unpaired) electrons. The molecule has 0 saturated carbocycles. The number of aliphatic imine (C=N–C) groups is 1. The molecule has 6 nitrogen and oxygen atoms in total. The van der Waals surface area contributed by atoms with Crippen LogP contribution in [0.4, 0.5) is 0 Å². The fourth-order valence-electron chi connectivity index (χ4n) is 4.29. The van der Waals surface area contributed by atoms with E-state index in [9.17, 15) is 0 Å². The summed E-state index contributed by atoms with van der Waals surface area (Å²) in [5.41, 5.74) is 0. The molecule has 0 aromatic carbocycles. The molecule has 1 aromatic rings. The van der Waals surface area contributed by atoms with Gasteiger partial charge in [-0.15, -0.1) is 0 Å². The van der Waals surface area contributed by atoms with Gasteiger partial charge < -0.3 is 19.4 Å². The van der Waals surface area contributed by atoms with Crippen molar-refractivity contribution in [2.45, 2.75) is 33.2 Å². The van der Waals surface area contributed by atoms with Gasteiger partial charge in [-0.25, -0.2) is 0 Å². The smallest absolute Gasteiger partial charge is 0.193 e. The summed E-state index contributed by atoms with van der Waals surface area (Å²) in [6.45, 7) is 13.0. The van der Waals surface area contributed by atoms with Crippen LogP contribution in [0.2, 0.25) is 0 Å². The maximum absolute atomic E-state index is 5.97. The number of ether oxygens (including phenoxy) is 1. The van der Waals surface area contributed by atoms with Crippen LogP contribution in [0, 0.1) is 18.8 Å². The summed E-state index contributed by atoms with van der Waals surface area (Å²) in [6.07, 6.45) is 1.30. The van der Waals surface area contributed by atoms with Crippen molar-refractivity contribution in [1.82, 2.24) is 15.1 Å². The molecular weight excluding hydrogens is 328 g/mol. The third-order valence-corrected chi connectivity index (χ3v) is 5.41. The molecule has 3 rings (SSSR count). The summed E-state index contributed by atoms with van der Waals surface area (Å²) < 4.78 is 11.5. The highest BCUT2D eigenvalue weighted by Crippen LogP contribution is 2.24. The average Bonchev–Trinajstić information content (AvgIpc) is 3.05. The predicted molar refractivity (Wildman–Crippen MR) is 104 cm³/mol. The second kappa shape index (κ2) is 8.91. The summed E-state index contributed by atoms with van der Waals surface area (Å²) in [5.74, 6) is 4.40. The first-order valence-corrected chi connectivity index (χ1v) is 9.90. The first kappa shape index (κ1) is 19.2. The summed E-state index contributed by atoms with van der Waals surface area (Å²) in [5, 5.41) is 3.62. The molecule has 0 amide bonds. The molecule has 1 N–H and O–H groups in total. The standard InChI is InChI=1S/C20H34N4O2/c1-15-11-16(2)14-24(13-15)20(21-4)22-12-18(19-6-5-17(3)26-19)23-7-9-25-10-8-23/h5-6,15-16,18H,7-14H2,1-4H3,(H,21,22). The van der Waals surface area contributed by atoms with Crippen LogP contribution in [0.15, 0.2) is 21.5 Å². The number of piperidine rings is 1. The first-order valence-electron chi connectivity index (χ1n) is 9.90. The van der Waals surface area contributed by atoms with Crippen LogP contribution in [-0.2, 0) is 4.74 Å². The van der Waals surface area contributed by atoms with Crippen LogP contribution < -0.4 is 5.32 Å². The molecule has 2 aliphatic heterocycles. The molecule has 0 spiro atoms. The van der Waals surface area contributed by atoms with Crippen molar-refractivity contribution in [3.63, 3.8) is 0 Å². The minimum absolute atomic E-state index is 0.198. The molecule has 3 atom stereocenters. The van der Waals surface area contributed by atoms with Gasteiger partial charge in [0.25, 0.3) is 0 Å². The van der Waals surface area contributed by atoms with Gasteiger partial charge in [-0.1, -0.05) is 13.8 Å². The third kappa shape index (κ3) is 4.80. The van der Waals surface area contributed by atoms with E-state index in [-0.39, 0.29) is 6.04 Å². The van der Waals surface area contributed by atoms with Crippen molar-refractivity contribution in [3.05, 3.63) is 23.7 Å². The zero-order chi connectivity index (χ0) is 18.5. The molecule has 2 fully saturated rings. The fraction of sp³-hybridized carbons (Fsp3) is 0.750. The van der Waals surface area contributed by atoms with Crippen molar-refractivity contribution < 1.29 is 9.15 Å². The molecule has 2 aliphatic rings. The Bertz CT molecular complexity index is 584. The Labute approximate surface area is 157 Å². The average molecular weight is 363 g/mol. The number of guanidine groups is 1. The van der Waals surface area contributed by atoms with Crippen molar-refractivity contribution in [2.75, 3.05) is 53.0 Å². The van der Waals surface area contributed by atoms with E-state index < -0.39 is 0 Å². The Morgan fingerprint density at radius 3 is 2.50 bits per heavy atom. The van der Waals surface area contributed by atoms with E-state index in [2.05, 4.69) is 40.0 Å². The van der Waals surface area contributed by atoms with Gasteiger partial charge in [0.1, 0.15) is 11.5 Å². The van der Waals surface area contributed by atoms with Gasteiger partial charge in [-0.05, 0) is 37.3 Å². The maximum Gasteiger partial charge on any atom is 0.193 e. The Morgan fingerprint density at radius 1 is 1.23 bits per heavy atom. The maximum atomic E-state index is 5.97. The van der Waals surface area contributed by atoms with Crippen LogP contribution in [0.25, 0.3) is 0 Å². The van der Waals surface area contributed by atoms with Gasteiger partial charge in [-0.2, -0.15) is 0 Å². The quantitative estimate of drug-likeness (QED) is 0.659. The lowest BCUT2D eigenvalue weighted by Gasteiger charge is -2.38. The highest BCUT2D eigenvalue weighted by Gasteiger charge is 2.28. The van der Waals surface area contributed by atoms with Crippen molar-refractivity contribution in [3.8, 4) is 0 Å². The molecule has 0 aliphatic carbocycles. The van der Waals surface area contributed by atoms with Crippen LogP contribution in [0.1, 0.15) is 37.8 Å². The Balaban J connectivity index is 1.67. The first-order chi connectivity index (χ1) is 12.6. The third-order valence-electron chi connectivity index (χ3n) is 5.41. The lowest BCUT2D eigenvalue weighted by Crippen LogP contribution is -2.51. The van der Waals surface area contributed by atoms with Crippen molar-refractivity contribution >= 4 is 5.96 Å². The lowest BCUT2D eigenvalue weighted by molar-refractivity contribution is 0.0123. The number of hydrogen-bond acceptors (Lipinski definition) is 4. The second-order valence-corrected chi connectivity index (χ2v) is 7.89. The predicted octanol–water partition coefficient (Wildman–Crippen LogP) is 2.51. The normalized spacial score (nSPS) is 26.8. The molecule has 2 saturated heterocycles. The number of rotatable bonds is 4. The molecule has 0 bridgehead atoms. The summed E-state index contributed by atoms with van der Waals surface area (Å²) >= 11 is 0. The van der Waals surface area contributed by atoms with E-state index in [1.807, 2.05) is 20.0 Å². The highest BCUT2D eigenvalue weighted by molar-refractivity contribution is 5.80. The van der Waals surface area contributed by atoms with Crippen LogP contribution in [-0.4, -0.2) is 68.7 Å². The number of nitrogens with zero attached hydrogens (tertiary/aromatic N) is 3. The molecule has 3 heterocycles. The van der Waals surface area contributed by atoms with E-state index in [1.165, 1.54) is 6.42 Å². The number of morpholine rings is 1. The largest absolute Gasteiger partial charge is 0.465 e. The van der Waals surface area contributed by atoms with Gasteiger partial charge in [0, 0.05) is 39.8 Å². The van der Waals surface area contributed by atoms with E-state index in [4.69, 9.17) is 9.15 Å². The Hall–Kier alpha value is -1.53. The van der Waals surface area contributed by atoms with E-state index in [0.717, 1.165) is 63.4 Å². The molecular formula is C20H34N4O2. The molecule has 146 valence electrons. The highest BCUT2D eigenvalue weighted by atomic mass is 16.5. The van der Waals surface area contributed by atoms with Gasteiger partial charge in [0.2, 0.25) is 0 Å². The number of likely N-dealkylation sites (tertiary alicyclic amines) is 1. The zero-order valence-corrected chi connectivity index (χ0v) is 16.7. The van der Waals surface area contributed by atoms with Gasteiger partial charge in [0.05, 0.1) is 19.3 Å². The van der Waals surface area contributed by atoms with Crippen LogP contribution >= 0.6 is 0 Å².